The predicted octanol–water partition coefficient (Wildman–Crippen LogP) is 0.801. The lowest BCUT2D eigenvalue weighted by atomic mass is 10.1. The second-order valence-electron chi connectivity index (χ2n) is 3.25. The van der Waals surface area contributed by atoms with Crippen LogP contribution in [0.15, 0.2) is 0 Å². The number of alkyl halides is 1. The quantitative estimate of drug-likeness (QED) is 0.647. The van der Waals surface area contributed by atoms with Gasteiger partial charge in [0.1, 0.15) is 6.17 Å². The van der Waals surface area contributed by atoms with E-state index in [9.17, 15) is 9.50 Å². The van der Waals surface area contributed by atoms with Crippen LogP contribution in [0.5, 0.6) is 0 Å². The summed E-state index contributed by atoms with van der Waals surface area (Å²) in [4.78, 5) is 1.98. The molecule has 3 heteroatoms. The molecule has 1 N–H and O–H groups in total. The van der Waals surface area contributed by atoms with E-state index < -0.39 is 12.3 Å². The molecule has 1 rings (SSSR count). The first-order chi connectivity index (χ1) is 5.22. The number of hydrogen-bond acceptors (Lipinski definition) is 2. The van der Waals surface area contributed by atoms with Gasteiger partial charge >= 0.3 is 0 Å². The fourth-order valence-corrected chi connectivity index (χ4v) is 1.60. The molecule has 2 nitrogen and oxygen atoms in total. The topological polar surface area (TPSA) is 23.5 Å². The van der Waals surface area contributed by atoms with Gasteiger partial charge in [0.05, 0.1) is 6.10 Å². The summed E-state index contributed by atoms with van der Waals surface area (Å²) in [6.45, 7) is 4.12. The zero-order valence-electron chi connectivity index (χ0n) is 6.96. The van der Waals surface area contributed by atoms with Gasteiger partial charge in [-0.2, -0.15) is 0 Å². The Balaban J connectivity index is 2.30. The summed E-state index contributed by atoms with van der Waals surface area (Å²) in [7, 11) is 0. The van der Waals surface area contributed by atoms with Crippen molar-refractivity contribution in [1.29, 1.82) is 0 Å². The normalized spacial score (nSPS) is 34.1. The first-order valence-corrected chi connectivity index (χ1v) is 4.27. The van der Waals surface area contributed by atoms with Crippen molar-refractivity contribution in [1.82, 2.24) is 4.90 Å². The van der Waals surface area contributed by atoms with E-state index in [0.29, 0.717) is 19.5 Å². The Morgan fingerprint density at radius 1 is 1.55 bits per heavy atom. The summed E-state index contributed by atoms with van der Waals surface area (Å²) < 4.78 is 12.8. The third kappa shape index (κ3) is 2.75. The molecule has 1 aliphatic heterocycles. The molecule has 1 saturated heterocycles. The smallest absolute Gasteiger partial charge is 0.115 e. The van der Waals surface area contributed by atoms with Crippen LogP contribution in [0.2, 0.25) is 0 Å². The number of hydrogen-bond donors (Lipinski definition) is 1. The molecular weight excluding hydrogens is 145 g/mol. The minimum Gasteiger partial charge on any atom is -0.392 e. The Morgan fingerprint density at radius 2 is 2.27 bits per heavy atom. The van der Waals surface area contributed by atoms with E-state index in [1.165, 1.54) is 0 Å². The summed E-state index contributed by atoms with van der Waals surface area (Å²) in [5.41, 5.74) is 0. The summed E-state index contributed by atoms with van der Waals surface area (Å²) >= 11 is 0. The summed E-state index contributed by atoms with van der Waals surface area (Å²) in [6, 6.07) is 0. The van der Waals surface area contributed by atoms with E-state index in [4.69, 9.17) is 0 Å². The van der Waals surface area contributed by atoms with Crippen LogP contribution >= 0.6 is 0 Å². The van der Waals surface area contributed by atoms with Crippen molar-refractivity contribution in [2.45, 2.75) is 32.0 Å². The lowest BCUT2D eigenvalue weighted by molar-refractivity contribution is 0.0264. The molecule has 1 fully saturated rings. The molecule has 0 aliphatic carbocycles. The van der Waals surface area contributed by atoms with E-state index in [1.807, 2.05) is 4.90 Å². The molecule has 0 aromatic carbocycles. The number of piperidine rings is 1. The number of β-amino-alcohol motifs (C(OH)–C–C–N with tert-alkyl or cyclic N) is 1. The van der Waals surface area contributed by atoms with Gasteiger partial charge in [-0.3, -0.25) is 4.90 Å². The van der Waals surface area contributed by atoms with Crippen molar-refractivity contribution >= 4 is 0 Å². The Labute approximate surface area is 67.0 Å². The molecule has 1 aliphatic rings. The first-order valence-electron chi connectivity index (χ1n) is 4.27. The molecule has 2 unspecified atom stereocenters. The average molecular weight is 161 g/mol. The van der Waals surface area contributed by atoms with Crippen LogP contribution in [0.3, 0.4) is 0 Å². The number of likely N-dealkylation sites (tertiary alicyclic amines) is 1. The highest BCUT2D eigenvalue weighted by atomic mass is 19.1. The Morgan fingerprint density at radius 3 is 2.82 bits per heavy atom. The van der Waals surface area contributed by atoms with Crippen LogP contribution in [0.4, 0.5) is 4.39 Å². The van der Waals surface area contributed by atoms with E-state index >= 15 is 0 Å². The Bertz CT molecular complexity index is 111. The number of nitrogens with zero attached hydrogens (tertiary/aromatic N) is 1. The molecule has 1 heterocycles. The highest BCUT2D eigenvalue weighted by Crippen LogP contribution is 2.13. The van der Waals surface area contributed by atoms with Gasteiger partial charge in [-0.15, -0.1) is 0 Å². The molecule has 2 atom stereocenters. The second kappa shape index (κ2) is 4.02. The highest BCUT2D eigenvalue weighted by molar-refractivity contribution is 4.77. The maximum Gasteiger partial charge on any atom is 0.115 e. The maximum atomic E-state index is 12.8. The van der Waals surface area contributed by atoms with Gasteiger partial charge in [-0.25, -0.2) is 4.39 Å². The van der Waals surface area contributed by atoms with Crippen LogP contribution in [0.1, 0.15) is 19.8 Å². The van der Waals surface area contributed by atoms with Gasteiger partial charge in [0, 0.05) is 19.5 Å². The number of aliphatic hydroxyl groups is 1. The molecule has 0 saturated carbocycles. The Kier molecular flexibility index (Phi) is 3.27. The predicted molar refractivity (Wildman–Crippen MR) is 42.3 cm³/mol. The molecule has 0 spiro atoms. The zero-order chi connectivity index (χ0) is 8.27. The van der Waals surface area contributed by atoms with Crippen molar-refractivity contribution in [2.75, 3.05) is 19.6 Å². The molecule has 0 radical (unpaired) electrons. The minimum atomic E-state index is -0.828. The molecule has 0 aromatic heterocycles. The molecule has 0 aromatic rings. The Hall–Kier alpha value is -0.150. The second-order valence-corrected chi connectivity index (χ2v) is 3.25. The third-order valence-corrected chi connectivity index (χ3v) is 1.99. The van der Waals surface area contributed by atoms with Crippen molar-refractivity contribution < 1.29 is 9.50 Å². The van der Waals surface area contributed by atoms with Crippen LogP contribution in [-0.2, 0) is 0 Å². The largest absolute Gasteiger partial charge is 0.392 e. The van der Waals surface area contributed by atoms with Crippen molar-refractivity contribution in [3.63, 3.8) is 0 Å². The van der Waals surface area contributed by atoms with Gasteiger partial charge in [0.15, 0.2) is 0 Å². The van der Waals surface area contributed by atoms with E-state index in [2.05, 4.69) is 6.92 Å². The number of rotatable bonds is 2. The van der Waals surface area contributed by atoms with Crippen molar-refractivity contribution in [3.8, 4) is 0 Å². The fraction of sp³-hybridized carbons (Fsp3) is 1.00. The van der Waals surface area contributed by atoms with Crippen LogP contribution in [0, 0.1) is 0 Å². The summed E-state index contributed by atoms with van der Waals surface area (Å²) in [6.07, 6.45) is 0.0650. The van der Waals surface area contributed by atoms with Gasteiger partial charge in [0.25, 0.3) is 0 Å². The van der Waals surface area contributed by atoms with Crippen LogP contribution < -0.4 is 0 Å². The zero-order valence-corrected chi connectivity index (χ0v) is 6.96. The van der Waals surface area contributed by atoms with Gasteiger partial charge in [-0.1, -0.05) is 6.92 Å². The molecule has 0 bridgehead atoms. The van der Waals surface area contributed by atoms with E-state index in [0.717, 1.165) is 13.0 Å². The number of aliphatic hydroxyl groups excluding tert-OH is 1. The van der Waals surface area contributed by atoms with Gasteiger partial charge < -0.3 is 5.11 Å². The third-order valence-electron chi connectivity index (χ3n) is 1.99. The molecular formula is C8H16FNO. The average Bonchev–Trinajstić information content (AvgIpc) is 1.85. The highest BCUT2D eigenvalue weighted by Gasteiger charge is 2.24. The molecule has 66 valence electrons. The number of halogens is 1. The van der Waals surface area contributed by atoms with Gasteiger partial charge in [-0.05, 0) is 13.0 Å². The monoisotopic (exact) mass is 161 g/mol. The van der Waals surface area contributed by atoms with Crippen LogP contribution in [-0.4, -0.2) is 41.9 Å². The van der Waals surface area contributed by atoms with Crippen molar-refractivity contribution in [2.24, 2.45) is 0 Å². The summed E-state index contributed by atoms with van der Waals surface area (Å²) in [5, 5.41) is 9.19. The maximum absolute atomic E-state index is 12.8. The van der Waals surface area contributed by atoms with Crippen molar-refractivity contribution in [3.05, 3.63) is 0 Å². The summed E-state index contributed by atoms with van der Waals surface area (Å²) in [5.74, 6) is 0. The lowest BCUT2D eigenvalue weighted by Gasteiger charge is -2.31. The molecule has 11 heavy (non-hydrogen) atoms. The first kappa shape index (κ1) is 8.94. The minimum absolute atomic E-state index is 0.320. The molecule has 0 amide bonds. The van der Waals surface area contributed by atoms with E-state index in [-0.39, 0.29) is 0 Å². The SMILES string of the molecule is CCCN1CC(O)CC(F)C1. The van der Waals surface area contributed by atoms with Crippen LogP contribution in [0.25, 0.3) is 0 Å². The lowest BCUT2D eigenvalue weighted by Crippen LogP contribution is -2.44. The standard InChI is InChI=1S/C8H16FNO/c1-2-3-10-5-7(9)4-8(11)6-10/h7-8,11H,2-6H2,1H3. The van der Waals surface area contributed by atoms with Gasteiger partial charge in [0.2, 0.25) is 0 Å². The van der Waals surface area contributed by atoms with E-state index in [1.54, 1.807) is 0 Å². The fourth-order valence-electron chi connectivity index (χ4n) is 1.60.